The zero-order valence-electron chi connectivity index (χ0n) is 10.8. The molecule has 1 aromatic heterocycles. The van der Waals surface area contributed by atoms with Crippen LogP contribution in [0.3, 0.4) is 0 Å². The minimum atomic E-state index is 0.965. The molecule has 0 amide bonds. The molecule has 1 heterocycles. The van der Waals surface area contributed by atoms with Crippen molar-refractivity contribution >= 4 is 27.0 Å². The Hall–Kier alpha value is -1.61. The second-order valence-electron chi connectivity index (χ2n) is 4.71. The third-order valence-corrected chi connectivity index (χ3v) is 3.91. The molecule has 0 saturated carbocycles. The summed E-state index contributed by atoms with van der Waals surface area (Å²) in [6.07, 6.45) is 1.99. The molecule has 0 saturated heterocycles. The van der Waals surface area contributed by atoms with E-state index in [4.69, 9.17) is 4.98 Å². The predicted molar refractivity (Wildman–Crippen MR) is 82.3 cm³/mol. The number of hydrogen-bond donors (Lipinski definition) is 0. The molecule has 0 fully saturated rings. The molecule has 0 aliphatic heterocycles. The number of fused-ring (bicyclic) bond motifs is 1. The molecule has 0 N–H and O–H groups in total. The number of imidazole rings is 1. The Balaban J connectivity index is 1.87. The molecule has 19 heavy (non-hydrogen) atoms. The molecule has 0 atom stereocenters. The number of nitrogens with zero attached hydrogens (tertiary/aromatic N) is 2. The number of hydrogen-bond acceptors (Lipinski definition) is 1. The van der Waals surface area contributed by atoms with Crippen molar-refractivity contribution in [2.75, 3.05) is 0 Å². The van der Waals surface area contributed by atoms with Gasteiger partial charge in [0.05, 0.1) is 11.0 Å². The highest BCUT2D eigenvalue weighted by atomic mass is 79.9. The monoisotopic (exact) mass is 314 g/mol. The first-order valence-electron chi connectivity index (χ1n) is 6.39. The zero-order valence-corrected chi connectivity index (χ0v) is 12.4. The average Bonchev–Trinajstić information content (AvgIpc) is 2.74. The van der Waals surface area contributed by atoms with Gasteiger partial charge in [-0.25, -0.2) is 4.98 Å². The van der Waals surface area contributed by atoms with Crippen LogP contribution in [0.4, 0.5) is 0 Å². The van der Waals surface area contributed by atoms with Crippen LogP contribution in [0.15, 0.2) is 53.0 Å². The van der Waals surface area contributed by atoms with Crippen molar-refractivity contribution in [3.8, 4) is 0 Å². The molecule has 0 radical (unpaired) electrons. The average molecular weight is 315 g/mol. The first kappa shape index (κ1) is 12.4. The predicted octanol–water partition coefficient (Wildman–Crippen LogP) is 4.12. The van der Waals surface area contributed by atoms with E-state index in [0.717, 1.165) is 28.7 Å². The van der Waals surface area contributed by atoms with Gasteiger partial charge in [0.1, 0.15) is 5.82 Å². The van der Waals surface area contributed by atoms with Crippen LogP contribution in [0.5, 0.6) is 0 Å². The molecule has 0 aliphatic rings. The first-order valence-corrected chi connectivity index (χ1v) is 7.18. The van der Waals surface area contributed by atoms with Gasteiger partial charge in [0.15, 0.2) is 0 Å². The van der Waals surface area contributed by atoms with E-state index in [2.05, 4.69) is 76.1 Å². The van der Waals surface area contributed by atoms with Crippen LogP contribution in [0.25, 0.3) is 11.0 Å². The van der Waals surface area contributed by atoms with Gasteiger partial charge < -0.3 is 4.57 Å². The maximum Gasteiger partial charge on any atom is 0.109 e. The van der Waals surface area contributed by atoms with Gasteiger partial charge >= 0.3 is 0 Å². The fourth-order valence-electron chi connectivity index (χ4n) is 2.35. The third kappa shape index (κ3) is 2.56. The fraction of sp³-hybridized carbons (Fsp3) is 0.188. The summed E-state index contributed by atoms with van der Waals surface area (Å²) in [4.78, 5) is 4.72. The van der Waals surface area contributed by atoms with E-state index in [-0.39, 0.29) is 0 Å². The Labute approximate surface area is 121 Å². The van der Waals surface area contributed by atoms with Crippen molar-refractivity contribution in [3.63, 3.8) is 0 Å². The lowest BCUT2D eigenvalue weighted by atomic mass is 10.1. The van der Waals surface area contributed by atoms with Crippen molar-refractivity contribution < 1.29 is 0 Å². The Morgan fingerprint density at radius 3 is 2.63 bits per heavy atom. The van der Waals surface area contributed by atoms with Crippen molar-refractivity contribution in [2.45, 2.75) is 12.8 Å². The number of halogens is 1. The maximum absolute atomic E-state index is 4.72. The molecule has 0 unspecified atom stereocenters. The molecule has 0 spiro atoms. The first-order chi connectivity index (χ1) is 9.24. The van der Waals surface area contributed by atoms with E-state index in [1.165, 1.54) is 11.1 Å². The zero-order chi connectivity index (χ0) is 13.2. The Morgan fingerprint density at radius 1 is 1.05 bits per heavy atom. The lowest BCUT2D eigenvalue weighted by Gasteiger charge is -2.02. The Kier molecular flexibility index (Phi) is 3.38. The van der Waals surface area contributed by atoms with E-state index < -0.39 is 0 Å². The third-order valence-electron chi connectivity index (χ3n) is 3.42. The lowest BCUT2D eigenvalue weighted by molar-refractivity contribution is 0.787. The summed E-state index contributed by atoms with van der Waals surface area (Å²) in [5.74, 6) is 1.14. The van der Waals surface area contributed by atoms with E-state index >= 15 is 0 Å². The topological polar surface area (TPSA) is 17.8 Å². The van der Waals surface area contributed by atoms with E-state index in [0.29, 0.717) is 0 Å². The molecule has 2 aromatic carbocycles. The highest BCUT2D eigenvalue weighted by Crippen LogP contribution is 2.20. The molecular formula is C16H15BrN2. The van der Waals surface area contributed by atoms with Crippen molar-refractivity contribution in [1.82, 2.24) is 9.55 Å². The van der Waals surface area contributed by atoms with Gasteiger partial charge in [-0.15, -0.1) is 0 Å². The molecule has 96 valence electrons. The summed E-state index contributed by atoms with van der Waals surface area (Å²) in [6, 6.07) is 16.8. The minimum absolute atomic E-state index is 0.965. The standard InChI is InChI=1S/C16H15BrN2/c1-19-15-9-8-13(17)11-14(15)18-16(19)10-7-12-5-3-2-4-6-12/h2-6,8-9,11H,7,10H2,1H3. The molecule has 3 heteroatoms. The summed E-state index contributed by atoms with van der Waals surface area (Å²) in [5.41, 5.74) is 3.60. The van der Waals surface area contributed by atoms with Gasteiger partial charge in [0.2, 0.25) is 0 Å². The van der Waals surface area contributed by atoms with E-state index in [1.807, 2.05) is 0 Å². The summed E-state index contributed by atoms with van der Waals surface area (Å²) < 4.78 is 3.26. The van der Waals surface area contributed by atoms with E-state index in [9.17, 15) is 0 Å². The summed E-state index contributed by atoms with van der Waals surface area (Å²) in [6.45, 7) is 0. The van der Waals surface area contributed by atoms with Crippen molar-refractivity contribution in [3.05, 3.63) is 64.4 Å². The molecular weight excluding hydrogens is 300 g/mol. The van der Waals surface area contributed by atoms with Crippen LogP contribution in [0, 0.1) is 0 Å². The highest BCUT2D eigenvalue weighted by Gasteiger charge is 2.07. The van der Waals surface area contributed by atoms with Crippen molar-refractivity contribution in [1.29, 1.82) is 0 Å². The van der Waals surface area contributed by atoms with Gasteiger partial charge in [-0.2, -0.15) is 0 Å². The van der Waals surface area contributed by atoms with Crippen LogP contribution in [-0.4, -0.2) is 9.55 Å². The fourth-order valence-corrected chi connectivity index (χ4v) is 2.70. The molecule has 0 aliphatic carbocycles. The highest BCUT2D eigenvalue weighted by molar-refractivity contribution is 9.10. The van der Waals surface area contributed by atoms with Crippen LogP contribution in [0.2, 0.25) is 0 Å². The van der Waals surface area contributed by atoms with Crippen LogP contribution in [-0.2, 0) is 19.9 Å². The van der Waals surface area contributed by atoms with Gasteiger partial charge in [0.25, 0.3) is 0 Å². The number of aromatic nitrogens is 2. The maximum atomic E-state index is 4.72. The van der Waals surface area contributed by atoms with Gasteiger partial charge in [0, 0.05) is 17.9 Å². The smallest absolute Gasteiger partial charge is 0.109 e. The second-order valence-corrected chi connectivity index (χ2v) is 5.62. The molecule has 0 bridgehead atoms. The van der Waals surface area contributed by atoms with Gasteiger partial charge in [-0.3, -0.25) is 0 Å². The summed E-state index contributed by atoms with van der Waals surface area (Å²) >= 11 is 3.49. The second kappa shape index (κ2) is 5.17. The Morgan fingerprint density at radius 2 is 1.84 bits per heavy atom. The van der Waals surface area contributed by atoms with Gasteiger partial charge in [-0.05, 0) is 30.2 Å². The SMILES string of the molecule is Cn1c(CCc2ccccc2)nc2cc(Br)ccc21. The van der Waals surface area contributed by atoms with Crippen LogP contribution >= 0.6 is 15.9 Å². The lowest BCUT2D eigenvalue weighted by Crippen LogP contribution is -2.00. The number of rotatable bonds is 3. The number of aryl methyl sites for hydroxylation is 3. The normalized spacial score (nSPS) is 11.1. The quantitative estimate of drug-likeness (QED) is 0.711. The molecule has 3 aromatic rings. The molecule has 2 nitrogen and oxygen atoms in total. The van der Waals surface area contributed by atoms with Gasteiger partial charge in [-0.1, -0.05) is 46.3 Å². The summed E-state index contributed by atoms with van der Waals surface area (Å²) in [7, 11) is 2.09. The number of benzene rings is 2. The largest absolute Gasteiger partial charge is 0.331 e. The molecule has 3 rings (SSSR count). The summed E-state index contributed by atoms with van der Waals surface area (Å²) in [5, 5.41) is 0. The van der Waals surface area contributed by atoms with Crippen LogP contribution in [0.1, 0.15) is 11.4 Å². The Bertz CT molecular complexity index is 701. The van der Waals surface area contributed by atoms with Crippen LogP contribution < -0.4 is 0 Å². The van der Waals surface area contributed by atoms with E-state index in [1.54, 1.807) is 0 Å². The minimum Gasteiger partial charge on any atom is -0.331 e. The van der Waals surface area contributed by atoms with Crippen molar-refractivity contribution in [2.24, 2.45) is 7.05 Å².